The molecule has 2 aromatic rings. The van der Waals surface area contributed by atoms with Crippen LogP contribution in [0.2, 0.25) is 25.7 Å². The van der Waals surface area contributed by atoms with Gasteiger partial charge in [0.25, 0.3) is 0 Å². The second kappa shape index (κ2) is 6.52. The summed E-state index contributed by atoms with van der Waals surface area (Å²) in [7, 11) is -1.10. The summed E-state index contributed by atoms with van der Waals surface area (Å²) in [6, 6.07) is 4.31. The normalized spacial score (nSPS) is 12.0. The highest BCUT2D eigenvalue weighted by molar-refractivity contribution is 9.10. The Labute approximate surface area is 139 Å². The first kappa shape index (κ1) is 17.2. The van der Waals surface area contributed by atoms with Gasteiger partial charge in [-0.25, -0.2) is 9.48 Å². The number of aromatic nitrogens is 2. The topological polar surface area (TPSA) is 64.3 Å². The van der Waals surface area contributed by atoms with Crippen molar-refractivity contribution in [1.29, 1.82) is 0 Å². The fraction of sp³-hybridized carbons (Fsp3) is 0.467. The van der Waals surface area contributed by atoms with E-state index >= 15 is 0 Å². The van der Waals surface area contributed by atoms with Gasteiger partial charge >= 0.3 is 5.97 Å². The number of hydrogen-bond acceptors (Lipinski definition) is 3. The number of aromatic carboxylic acids is 1. The Kier molecular flexibility index (Phi) is 5.09. The number of halogens is 1. The Hall–Kier alpha value is -1.18. The summed E-state index contributed by atoms with van der Waals surface area (Å²) in [5, 5.41) is 14.5. The number of hydrogen-bond donors (Lipinski definition) is 1. The third-order valence-electron chi connectivity index (χ3n) is 3.50. The lowest BCUT2D eigenvalue weighted by Crippen LogP contribution is -2.22. The van der Waals surface area contributed by atoms with Crippen molar-refractivity contribution in [2.45, 2.75) is 39.3 Å². The number of aryl methyl sites for hydroxylation is 1. The zero-order chi connectivity index (χ0) is 16.5. The van der Waals surface area contributed by atoms with E-state index in [1.807, 2.05) is 6.92 Å². The van der Waals surface area contributed by atoms with E-state index in [4.69, 9.17) is 9.84 Å². The number of carboxylic acids is 1. The molecule has 0 amide bonds. The fourth-order valence-corrected chi connectivity index (χ4v) is 3.64. The molecule has 7 heteroatoms. The molecule has 1 aromatic carbocycles. The van der Waals surface area contributed by atoms with Crippen molar-refractivity contribution in [3.05, 3.63) is 27.9 Å². The number of fused-ring (bicyclic) bond motifs is 1. The SMILES string of the molecule is Cc1c2c(Br)cc(C(=O)O)cc2nn1COCC[Si](C)(C)C. The van der Waals surface area contributed by atoms with E-state index in [0.29, 0.717) is 12.2 Å². The Morgan fingerprint density at radius 2 is 2.09 bits per heavy atom. The molecule has 0 saturated heterocycles. The van der Waals surface area contributed by atoms with Crippen LogP contribution < -0.4 is 0 Å². The van der Waals surface area contributed by atoms with E-state index in [1.54, 1.807) is 16.8 Å². The smallest absolute Gasteiger partial charge is 0.335 e. The molecule has 0 atom stereocenters. The predicted molar refractivity (Wildman–Crippen MR) is 93.2 cm³/mol. The molecule has 0 aliphatic heterocycles. The minimum Gasteiger partial charge on any atom is -0.478 e. The molecule has 1 aromatic heterocycles. The zero-order valence-electron chi connectivity index (χ0n) is 13.3. The Morgan fingerprint density at radius 3 is 2.68 bits per heavy atom. The molecule has 0 aliphatic rings. The van der Waals surface area contributed by atoms with Gasteiger partial charge in [-0.15, -0.1) is 0 Å². The molecule has 0 radical (unpaired) electrons. The molecule has 0 aliphatic carbocycles. The van der Waals surface area contributed by atoms with Crippen molar-refractivity contribution in [2.24, 2.45) is 0 Å². The van der Waals surface area contributed by atoms with Crippen molar-refractivity contribution in [3.8, 4) is 0 Å². The van der Waals surface area contributed by atoms with Gasteiger partial charge in [0.05, 0.1) is 11.1 Å². The van der Waals surface area contributed by atoms with Gasteiger partial charge in [0.15, 0.2) is 0 Å². The van der Waals surface area contributed by atoms with Crippen LogP contribution >= 0.6 is 15.9 Å². The van der Waals surface area contributed by atoms with Crippen molar-refractivity contribution in [2.75, 3.05) is 6.61 Å². The molecular weight excluding hydrogens is 364 g/mol. The molecule has 120 valence electrons. The van der Waals surface area contributed by atoms with Crippen molar-refractivity contribution >= 4 is 40.9 Å². The lowest BCUT2D eigenvalue weighted by molar-refractivity contribution is 0.0697. The molecule has 5 nitrogen and oxygen atoms in total. The summed E-state index contributed by atoms with van der Waals surface area (Å²) in [6.45, 7) is 10.0. The molecule has 0 bridgehead atoms. The van der Waals surface area contributed by atoms with Crippen LogP contribution in [-0.2, 0) is 11.5 Å². The molecule has 1 heterocycles. The maximum absolute atomic E-state index is 11.1. The Balaban J connectivity index is 2.20. The van der Waals surface area contributed by atoms with E-state index in [-0.39, 0.29) is 5.56 Å². The van der Waals surface area contributed by atoms with Crippen molar-refractivity contribution < 1.29 is 14.6 Å². The molecule has 0 fully saturated rings. The zero-order valence-corrected chi connectivity index (χ0v) is 15.9. The maximum atomic E-state index is 11.1. The van der Waals surface area contributed by atoms with Gasteiger partial charge in [-0.1, -0.05) is 35.6 Å². The van der Waals surface area contributed by atoms with Crippen LogP contribution in [0, 0.1) is 6.92 Å². The number of nitrogens with zero attached hydrogens (tertiary/aromatic N) is 2. The van der Waals surface area contributed by atoms with Crippen molar-refractivity contribution in [1.82, 2.24) is 9.78 Å². The second-order valence-electron chi connectivity index (χ2n) is 6.59. The minimum absolute atomic E-state index is 0.226. The summed E-state index contributed by atoms with van der Waals surface area (Å²) in [4.78, 5) is 11.1. The number of benzene rings is 1. The lowest BCUT2D eigenvalue weighted by Gasteiger charge is -2.15. The molecule has 0 spiro atoms. The number of carbonyl (C=O) groups is 1. The van der Waals surface area contributed by atoms with E-state index in [0.717, 1.165) is 28.2 Å². The third-order valence-corrected chi connectivity index (χ3v) is 5.83. The van der Waals surface area contributed by atoms with Crippen LogP contribution in [0.1, 0.15) is 16.1 Å². The van der Waals surface area contributed by atoms with E-state index in [9.17, 15) is 4.79 Å². The highest BCUT2D eigenvalue weighted by atomic mass is 79.9. The third kappa shape index (κ3) is 3.96. The Bertz CT molecular complexity index is 707. The summed E-state index contributed by atoms with van der Waals surface area (Å²) >= 11 is 3.44. The summed E-state index contributed by atoms with van der Waals surface area (Å²) < 4.78 is 8.25. The van der Waals surface area contributed by atoms with Gasteiger partial charge in [-0.2, -0.15) is 5.10 Å². The van der Waals surface area contributed by atoms with Gasteiger partial charge in [0, 0.05) is 30.2 Å². The monoisotopic (exact) mass is 384 g/mol. The van der Waals surface area contributed by atoms with Crippen LogP contribution in [-0.4, -0.2) is 35.5 Å². The van der Waals surface area contributed by atoms with Crippen LogP contribution in [0.15, 0.2) is 16.6 Å². The molecule has 2 rings (SSSR count). The average molecular weight is 385 g/mol. The maximum Gasteiger partial charge on any atom is 0.335 e. The summed E-state index contributed by atoms with van der Waals surface area (Å²) in [5.41, 5.74) is 1.86. The molecule has 0 unspecified atom stereocenters. The lowest BCUT2D eigenvalue weighted by atomic mass is 10.1. The highest BCUT2D eigenvalue weighted by Gasteiger charge is 2.15. The summed E-state index contributed by atoms with van der Waals surface area (Å²) in [6.07, 6.45) is 0. The standard InChI is InChI=1S/C15H21BrN2O3Si/c1-10-14-12(16)7-11(15(19)20)8-13(14)17-18(10)9-21-5-6-22(2,3)4/h7-8H,5-6,9H2,1-4H3,(H,19,20). The van der Waals surface area contributed by atoms with Gasteiger partial charge in [0.2, 0.25) is 0 Å². The largest absolute Gasteiger partial charge is 0.478 e. The van der Waals surface area contributed by atoms with E-state index in [2.05, 4.69) is 40.7 Å². The second-order valence-corrected chi connectivity index (χ2v) is 13.1. The highest BCUT2D eigenvalue weighted by Crippen LogP contribution is 2.28. The van der Waals surface area contributed by atoms with Crippen LogP contribution in [0.25, 0.3) is 10.9 Å². The fourth-order valence-electron chi connectivity index (χ4n) is 2.14. The first-order chi connectivity index (χ1) is 10.2. The number of carboxylic acid groups (broad SMARTS) is 1. The molecular formula is C15H21BrN2O3Si. The van der Waals surface area contributed by atoms with Crippen LogP contribution in [0.5, 0.6) is 0 Å². The predicted octanol–water partition coefficient (Wildman–Crippen LogP) is 4.12. The van der Waals surface area contributed by atoms with Gasteiger partial charge < -0.3 is 9.84 Å². The molecule has 0 saturated carbocycles. The summed E-state index contributed by atoms with van der Waals surface area (Å²) in [5.74, 6) is -0.957. The van der Waals surface area contributed by atoms with Crippen molar-refractivity contribution in [3.63, 3.8) is 0 Å². The van der Waals surface area contributed by atoms with E-state index in [1.165, 1.54) is 0 Å². The molecule has 22 heavy (non-hydrogen) atoms. The van der Waals surface area contributed by atoms with Crippen LogP contribution in [0.4, 0.5) is 0 Å². The van der Waals surface area contributed by atoms with Crippen LogP contribution in [0.3, 0.4) is 0 Å². The first-order valence-corrected chi connectivity index (χ1v) is 11.7. The quantitative estimate of drug-likeness (QED) is 0.600. The van der Waals surface area contributed by atoms with Gasteiger partial charge in [-0.3, -0.25) is 0 Å². The molecule has 1 N–H and O–H groups in total. The minimum atomic E-state index is -1.10. The number of ether oxygens (including phenoxy) is 1. The van der Waals surface area contributed by atoms with Gasteiger partial charge in [0.1, 0.15) is 6.73 Å². The van der Waals surface area contributed by atoms with Gasteiger partial charge in [-0.05, 0) is 25.1 Å². The Morgan fingerprint density at radius 1 is 1.41 bits per heavy atom. The van der Waals surface area contributed by atoms with E-state index < -0.39 is 14.0 Å². The first-order valence-electron chi connectivity index (χ1n) is 7.17. The number of rotatable bonds is 6. The average Bonchev–Trinajstić information content (AvgIpc) is 2.70.